The quantitative estimate of drug-likeness (QED) is 0.899. The van der Waals surface area contributed by atoms with Crippen LogP contribution in [0, 0.1) is 0 Å². The largest absolute Gasteiger partial charge is 0.473 e. The van der Waals surface area contributed by atoms with Gasteiger partial charge in [-0.05, 0) is 12.5 Å². The molecule has 0 atom stereocenters. The Bertz CT molecular complexity index is 423. The molecule has 6 heteroatoms. The number of anilines is 1. The smallest absolute Gasteiger partial charge is 0.234 e. The van der Waals surface area contributed by atoms with Gasteiger partial charge in [-0.2, -0.15) is 4.98 Å². The van der Waals surface area contributed by atoms with Crippen molar-refractivity contribution >= 4 is 29.0 Å². The maximum atomic E-state index is 6.12. The Balaban J connectivity index is 2.09. The van der Waals surface area contributed by atoms with E-state index in [4.69, 9.17) is 32.7 Å². The van der Waals surface area contributed by atoms with Gasteiger partial charge in [0.15, 0.2) is 0 Å². The first-order chi connectivity index (χ1) is 9.20. The number of hydrogen-bond acceptors (Lipinski definition) is 4. The molecule has 1 N–H and O–H groups in total. The van der Waals surface area contributed by atoms with Crippen molar-refractivity contribution in [2.45, 2.75) is 32.3 Å². The van der Waals surface area contributed by atoms with Gasteiger partial charge in [0, 0.05) is 19.4 Å². The van der Waals surface area contributed by atoms with Crippen molar-refractivity contribution in [3.05, 3.63) is 16.1 Å². The molecule has 0 amide bonds. The third-order valence-electron chi connectivity index (χ3n) is 2.89. The molecule has 1 aromatic heterocycles. The average Bonchev–Trinajstić information content (AvgIpc) is 2.42. The van der Waals surface area contributed by atoms with Crippen LogP contribution in [0.25, 0.3) is 0 Å². The predicted octanol–water partition coefficient (Wildman–Crippen LogP) is 3.77. The molecule has 0 radical (unpaired) electrons. The van der Waals surface area contributed by atoms with Crippen LogP contribution in [0.3, 0.4) is 0 Å². The molecular formula is C13H18Cl2N2O2. The van der Waals surface area contributed by atoms with Crippen LogP contribution >= 0.6 is 23.2 Å². The number of pyridine rings is 1. The fourth-order valence-electron chi connectivity index (χ4n) is 1.85. The van der Waals surface area contributed by atoms with E-state index < -0.39 is 0 Å². The average molecular weight is 305 g/mol. The highest BCUT2D eigenvalue weighted by atomic mass is 35.5. The van der Waals surface area contributed by atoms with Crippen LogP contribution in [0.5, 0.6) is 5.88 Å². The van der Waals surface area contributed by atoms with Gasteiger partial charge in [-0.25, -0.2) is 0 Å². The second-order valence-electron chi connectivity index (χ2n) is 4.46. The number of nitrogens with one attached hydrogen (secondary N) is 1. The zero-order valence-electron chi connectivity index (χ0n) is 10.9. The first-order valence-corrected chi connectivity index (χ1v) is 7.30. The molecule has 1 fully saturated rings. The zero-order valence-corrected chi connectivity index (χ0v) is 12.4. The minimum atomic E-state index is 0.110. The molecule has 0 unspecified atom stereocenters. The second-order valence-corrected chi connectivity index (χ2v) is 5.28. The molecule has 1 aliphatic rings. The summed E-state index contributed by atoms with van der Waals surface area (Å²) in [6.07, 6.45) is 2.83. The molecule has 0 aliphatic carbocycles. The Kier molecular flexibility index (Phi) is 5.55. The van der Waals surface area contributed by atoms with Gasteiger partial charge >= 0.3 is 0 Å². The zero-order chi connectivity index (χ0) is 13.7. The van der Waals surface area contributed by atoms with E-state index in [-0.39, 0.29) is 6.10 Å². The van der Waals surface area contributed by atoms with Crippen LogP contribution in [0.4, 0.5) is 5.82 Å². The summed E-state index contributed by atoms with van der Waals surface area (Å²) in [6.45, 7) is 4.33. The second kappa shape index (κ2) is 7.17. The monoisotopic (exact) mass is 304 g/mol. The van der Waals surface area contributed by atoms with Gasteiger partial charge in [-0.15, -0.1) is 0 Å². The molecule has 2 heterocycles. The van der Waals surface area contributed by atoms with Crippen LogP contribution in [-0.4, -0.2) is 30.8 Å². The summed E-state index contributed by atoms with van der Waals surface area (Å²) in [5, 5.41) is 4.12. The highest BCUT2D eigenvalue weighted by Gasteiger charge is 2.18. The van der Waals surface area contributed by atoms with Crippen molar-refractivity contribution < 1.29 is 9.47 Å². The fraction of sp³-hybridized carbons (Fsp3) is 0.615. The van der Waals surface area contributed by atoms with Crippen LogP contribution in [0.1, 0.15) is 26.2 Å². The first-order valence-electron chi connectivity index (χ1n) is 6.55. The molecule has 4 nitrogen and oxygen atoms in total. The molecule has 2 rings (SSSR count). The first kappa shape index (κ1) is 14.7. The van der Waals surface area contributed by atoms with E-state index in [1.54, 1.807) is 6.07 Å². The lowest BCUT2D eigenvalue weighted by atomic mass is 10.1. The molecule has 1 aliphatic heterocycles. The van der Waals surface area contributed by atoms with Crippen molar-refractivity contribution in [2.75, 3.05) is 25.1 Å². The van der Waals surface area contributed by atoms with E-state index in [1.165, 1.54) is 0 Å². The van der Waals surface area contributed by atoms with Crippen molar-refractivity contribution in [2.24, 2.45) is 0 Å². The highest BCUT2D eigenvalue weighted by molar-refractivity contribution is 6.36. The lowest BCUT2D eigenvalue weighted by Crippen LogP contribution is -2.26. The third kappa shape index (κ3) is 4.13. The normalized spacial score (nSPS) is 16.4. The maximum Gasteiger partial charge on any atom is 0.234 e. The van der Waals surface area contributed by atoms with Crippen molar-refractivity contribution in [1.82, 2.24) is 4.98 Å². The summed E-state index contributed by atoms with van der Waals surface area (Å²) in [6, 6.07) is 1.67. The Hall–Kier alpha value is -0.710. The SMILES string of the molecule is CCCNc1nc(OC2CCOCC2)c(Cl)cc1Cl. The van der Waals surface area contributed by atoms with Gasteiger partial charge in [0.2, 0.25) is 5.88 Å². The summed E-state index contributed by atoms with van der Waals surface area (Å²) in [7, 11) is 0. The summed E-state index contributed by atoms with van der Waals surface area (Å²) in [5.74, 6) is 1.06. The van der Waals surface area contributed by atoms with E-state index in [1.807, 2.05) is 0 Å². The topological polar surface area (TPSA) is 43.4 Å². The highest BCUT2D eigenvalue weighted by Crippen LogP contribution is 2.32. The molecule has 0 bridgehead atoms. The van der Waals surface area contributed by atoms with Crippen LogP contribution in [0.2, 0.25) is 10.0 Å². The minimum Gasteiger partial charge on any atom is -0.473 e. The summed E-state index contributed by atoms with van der Waals surface area (Å²) in [5.41, 5.74) is 0. The van der Waals surface area contributed by atoms with Crippen LogP contribution in [0.15, 0.2) is 6.07 Å². The molecule has 0 aromatic carbocycles. The van der Waals surface area contributed by atoms with Crippen LogP contribution < -0.4 is 10.1 Å². The Labute approximate surface area is 123 Å². The van der Waals surface area contributed by atoms with Gasteiger partial charge in [-0.3, -0.25) is 0 Å². The Morgan fingerprint density at radius 1 is 1.37 bits per heavy atom. The standard InChI is InChI=1S/C13H18Cl2N2O2/c1-2-5-16-12-10(14)8-11(15)13(17-12)19-9-3-6-18-7-4-9/h8-9H,2-7H2,1H3,(H,16,17). The summed E-state index contributed by atoms with van der Waals surface area (Å²) >= 11 is 12.2. The lowest BCUT2D eigenvalue weighted by molar-refractivity contribution is 0.0238. The number of hydrogen-bond donors (Lipinski definition) is 1. The van der Waals surface area contributed by atoms with E-state index >= 15 is 0 Å². The molecule has 0 spiro atoms. The lowest BCUT2D eigenvalue weighted by Gasteiger charge is -2.23. The van der Waals surface area contributed by atoms with Crippen molar-refractivity contribution in [3.63, 3.8) is 0 Å². The van der Waals surface area contributed by atoms with Gasteiger partial charge in [0.1, 0.15) is 16.9 Å². The Morgan fingerprint density at radius 3 is 2.79 bits per heavy atom. The summed E-state index contributed by atoms with van der Waals surface area (Å²) in [4.78, 5) is 4.37. The molecule has 1 saturated heterocycles. The maximum absolute atomic E-state index is 6.12. The predicted molar refractivity (Wildman–Crippen MR) is 77.5 cm³/mol. The molecule has 19 heavy (non-hydrogen) atoms. The number of rotatable bonds is 5. The molecule has 0 saturated carbocycles. The van der Waals surface area contributed by atoms with Crippen molar-refractivity contribution in [3.8, 4) is 5.88 Å². The number of halogens is 2. The van der Waals surface area contributed by atoms with E-state index in [9.17, 15) is 0 Å². The van der Waals surface area contributed by atoms with E-state index in [0.717, 1.165) is 39.0 Å². The minimum absolute atomic E-state index is 0.110. The van der Waals surface area contributed by atoms with E-state index in [2.05, 4.69) is 17.2 Å². The number of nitrogens with zero attached hydrogens (tertiary/aromatic N) is 1. The Morgan fingerprint density at radius 2 is 2.11 bits per heavy atom. The fourth-order valence-corrected chi connectivity index (χ4v) is 2.32. The molecule has 106 valence electrons. The van der Waals surface area contributed by atoms with Gasteiger partial charge in [-0.1, -0.05) is 30.1 Å². The van der Waals surface area contributed by atoms with Gasteiger partial charge < -0.3 is 14.8 Å². The molecule has 1 aromatic rings. The summed E-state index contributed by atoms with van der Waals surface area (Å²) < 4.78 is 11.1. The number of ether oxygens (including phenoxy) is 2. The van der Waals surface area contributed by atoms with Crippen LogP contribution in [-0.2, 0) is 4.74 Å². The van der Waals surface area contributed by atoms with E-state index in [0.29, 0.717) is 21.7 Å². The van der Waals surface area contributed by atoms with Gasteiger partial charge in [0.05, 0.1) is 18.2 Å². The van der Waals surface area contributed by atoms with Crippen molar-refractivity contribution in [1.29, 1.82) is 0 Å². The third-order valence-corrected chi connectivity index (χ3v) is 3.45. The van der Waals surface area contributed by atoms with Gasteiger partial charge in [0.25, 0.3) is 0 Å². The number of aromatic nitrogens is 1. The molecular weight excluding hydrogens is 287 g/mol.